The molecule has 6 heteroatoms. The Bertz CT molecular complexity index is 745. The molecule has 2 N–H and O–H groups in total. The second-order valence-electron chi connectivity index (χ2n) is 9.16. The van der Waals surface area contributed by atoms with Gasteiger partial charge in [-0.15, -0.1) is 0 Å². The van der Waals surface area contributed by atoms with Gasteiger partial charge in [-0.2, -0.15) is 0 Å². The van der Waals surface area contributed by atoms with Crippen LogP contribution >= 0.6 is 0 Å². The molecule has 1 atom stereocenters. The van der Waals surface area contributed by atoms with Crippen molar-refractivity contribution < 1.29 is 14.3 Å². The van der Waals surface area contributed by atoms with Crippen molar-refractivity contribution in [1.82, 2.24) is 15.2 Å². The Labute approximate surface area is 154 Å². The quantitative estimate of drug-likeness (QED) is 0.870. The third-order valence-electron chi connectivity index (χ3n) is 6.74. The molecule has 142 valence electrons. The van der Waals surface area contributed by atoms with Gasteiger partial charge in [0.25, 0.3) is 5.91 Å². The molecule has 0 aromatic carbocycles. The molecule has 4 heterocycles. The molecular formula is C20H29N3O3. The van der Waals surface area contributed by atoms with Gasteiger partial charge >= 0.3 is 0 Å². The minimum absolute atomic E-state index is 0.000276. The molecule has 4 aliphatic rings. The number of aryl methyl sites for hydroxylation is 1. The summed E-state index contributed by atoms with van der Waals surface area (Å²) < 4.78 is 5.78. The zero-order valence-electron chi connectivity index (χ0n) is 16.1. The molecule has 1 unspecified atom stereocenters. The van der Waals surface area contributed by atoms with Crippen LogP contribution in [0, 0.1) is 12.3 Å². The fourth-order valence-electron chi connectivity index (χ4n) is 5.21. The fraction of sp³-hybridized carbons (Fsp3) is 0.700. The van der Waals surface area contributed by atoms with Crippen molar-refractivity contribution in [3.63, 3.8) is 0 Å². The van der Waals surface area contributed by atoms with E-state index in [1.54, 1.807) is 0 Å². The minimum atomic E-state index is -0.416. The molecule has 0 radical (unpaired) electrons. The Morgan fingerprint density at radius 1 is 1.27 bits per heavy atom. The molecule has 1 saturated carbocycles. The normalized spacial score (nSPS) is 35.1. The van der Waals surface area contributed by atoms with Crippen LogP contribution < -0.4 is 5.32 Å². The Morgan fingerprint density at radius 2 is 2.00 bits per heavy atom. The number of fused-ring (bicyclic) bond motifs is 2. The van der Waals surface area contributed by atoms with Gasteiger partial charge in [0.05, 0.1) is 22.6 Å². The second-order valence-corrected chi connectivity index (χ2v) is 9.16. The SMILES string of the molecule is Cc1ccc(C(=O)N2CCC(NC(=O)C34CCOC(C)(C3)C4)C2(C)C)[nH]1. The number of carbonyl (C=O) groups is 2. The van der Waals surface area contributed by atoms with Gasteiger partial charge in [-0.25, -0.2) is 0 Å². The summed E-state index contributed by atoms with van der Waals surface area (Å²) in [7, 11) is 0. The fourth-order valence-corrected chi connectivity index (χ4v) is 5.21. The molecular weight excluding hydrogens is 330 g/mol. The number of aromatic amines is 1. The largest absolute Gasteiger partial charge is 0.375 e. The van der Waals surface area contributed by atoms with Gasteiger partial charge in [-0.1, -0.05) is 0 Å². The van der Waals surface area contributed by atoms with Crippen molar-refractivity contribution in [2.24, 2.45) is 5.41 Å². The standard InChI is InChI=1S/C20H29N3O3/c1-13-5-6-14(21-13)16(24)23-9-7-15(18(23,2)3)22-17(25)20-8-10-26-19(4,11-20)12-20/h5-6,15,21H,7-12H2,1-4H3,(H,22,25). The van der Waals surface area contributed by atoms with E-state index in [0.717, 1.165) is 31.4 Å². The maximum atomic E-state index is 13.0. The van der Waals surface area contributed by atoms with Crippen LogP contribution in [0.15, 0.2) is 12.1 Å². The molecule has 3 aliphatic heterocycles. The van der Waals surface area contributed by atoms with Crippen LogP contribution in [0.3, 0.4) is 0 Å². The maximum Gasteiger partial charge on any atom is 0.270 e. The predicted molar refractivity (Wildman–Crippen MR) is 97.8 cm³/mol. The highest BCUT2D eigenvalue weighted by atomic mass is 16.5. The lowest BCUT2D eigenvalue weighted by Crippen LogP contribution is -2.65. The summed E-state index contributed by atoms with van der Waals surface area (Å²) in [5.74, 6) is 0.140. The van der Waals surface area contributed by atoms with E-state index in [0.29, 0.717) is 18.8 Å². The van der Waals surface area contributed by atoms with E-state index in [4.69, 9.17) is 4.74 Å². The van der Waals surface area contributed by atoms with Gasteiger partial charge in [0.2, 0.25) is 5.91 Å². The number of rotatable bonds is 3. The molecule has 1 aliphatic carbocycles. The van der Waals surface area contributed by atoms with E-state index < -0.39 is 5.54 Å². The molecule has 5 rings (SSSR count). The number of hydrogen-bond acceptors (Lipinski definition) is 3. The summed E-state index contributed by atoms with van der Waals surface area (Å²) in [6.45, 7) is 9.44. The Morgan fingerprint density at radius 3 is 2.62 bits per heavy atom. The number of amides is 2. The lowest BCUT2D eigenvalue weighted by molar-refractivity contribution is -0.215. The van der Waals surface area contributed by atoms with Crippen LogP contribution in [-0.4, -0.2) is 52.0 Å². The highest BCUT2D eigenvalue weighted by molar-refractivity contribution is 5.93. The third-order valence-corrected chi connectivity index (χ3v) is 6.74. The summed E-state index contributed by atoms with van der Waals surface area (Å²) in [5.41, 5.74) is 0.786. The van der Waals surface area contributed by atoms with Crippen molar-refractivity contribution in [2.45, 2.75) is 70.6 Å². The van der Waals surface area contributed by atoms with E-state index in [1.807, 2.05) is 37.8 Å². The average Bonchev–Trinajstić information content (AvgIpc) is 3.10. The third kappa shape index (κ3) is 2.57. The summed E-state index contributed by atoms with van der Waals surface area (Å²) in [4.78, 5) is 30.9. The van der Waals surface area contributed by atoms with Crippen molar-refractivity contribution >= 4 is 11.8 Å². The van der Waals surface area contributed by atoms with E-state index in [-0.39, 0.29) is 28.9 Å². The molecule has 1 aromatic rings. The van der Waals surface area contributed by atoms with Gasteiger partial charge in [0.15, 0.2) is 0 Å². The average molecular weight is 359 g/mol. The number of aromatic nitrogens is 1. The van der Waals surface area contributed by atoms with Crippen LogP contribution in [0.4, 0.5) is 0 Å². The highest BCUT2D eigenvalue weighted by Crippen LogP contribution is 2.56. The first-order valence-corrected chi connectivity index (χ1v) is 9.58. The first kappa shape index (κ1) is 17.6. The van der Waals surface area contributed by atoms with Crippen LogP contribution in [0.25, 0.3) is 0 Å². The van der Waals surface area contributed by atoms with Gasteiger partial charge in [0.1, 0.15) is 5.69 Å². The van der Waals surface area contributed by atoms with Crippen LogP contribution in [0.5, 0.6) is 0 Å². The zero-order chi connectivity index (χ0) is 18.7. The van der Waals surface area contributed by atoms with Crippen molar-refractivity contribution in [1.29, 1.82) is 0 Å². The summed E-state index contributed by atoms with van der Waals surface area (Å²) in [6, 6.07) is 3.71. The van der Waals surface area contributed by atoms with Crippen LogP contribution in [0.1, 0.15) is 62.6 Å². The molecule has 4 fully saturated rings. The van der Waals surface area contributed by atoms with E-state index in [2.05, 4.69) is 17.2 Å². The lowest BCUT2D eigenvalue weighted by Gasteiger charge is -2.57. The minimum Gasteiger partial charge on any atom is -0.375 e. The van der Waals surface area contributed by atoms with Gasteiger partial charge in [0, 0.05) is 18.8 Å². The first-order valence-electron chi connectivity index (χ1n) is 9.58. The predicted octanol–water partition coefficient (Wildman–Crippen LogP) is 2.39. The number of hydrogen-bond donors (Lipinski definition) is 2. The van der Waals surface area contributed by atoms with Crippen LogP contribution in [0.2, 0.25) is 0 Å². The number of ether oxygens (including phenoxy) is 1. The van der Waals surface area contributed by atoms with Crippen molar-refractivity contribution in [3.8, 4) is 0 Å². The summed E-state index contributed by atoms with van der Waals surface area (Å²) in [5, 5.41) is 3.28. The van der Waals surface area contributed by atoms with Gasteiger partial charge in [-0.05, 0) is 65.5 Å². The summed E-state index contributed by atoms with van der Waals surface area (Å²) >= 11 is 0. The molecule has 6 nitrogen and oxygen atoms in total. The number of nitrogens with zero attached hydrogens (tertiary/aromatic N) is 1. The van der Waals surface area contributed by atoms with Crippen molar-refractivity contribution in [3.05, 3.63) is 23.5 Å². The van der Waals surface area contributed by atoms with Gasteiger partial charge in [-0.3, -0.25) is 9.59 Å². The molecule has 2 bridgehead atoms. The number of nitrogens with one attached hydrogen (secondary N) is 2. The molecule has 3 saturated heterocycles. The number of likely N-dealkylation sites (tertiary alicyclic amines) is 1. The topological polar surface area (TPSA) is 74.4 Å². The maximum absolute atomic E-state index is 13.0. The van der Waals surface area contributed by atoms with Crippen LogP contribution in [-0.2, 0) is 9.53 Å². The molecule has 0 spiro atoms. The van der Waals surface area contributed by atoms with E-state index in [9.17, 15) is 9.59 Å². The lowest BCUT2D eigenvalue weighted by atomic mass is 9.56. The molecule has 2 amide bonds. The number of H-pyrrole nitrogens is 1. The zero-order valence-corrected chi connectivity index (χ0v) is 16.1. The first-order chi connectivity index (χ1) is 12.2. The van der Waals surface area contributed by atoms with Crippen molar-refractivity contribution in [2.75, 3.05) is 13.2 Å². The molecule has 1 aromatic heterocycles. The smallest absolute Gasteiger partial charge is 0.270 e. The second kappa shape index (κ2) is 5.59. The Kier molecular flexibility index (Phi) is 3.78. The highest BCUT2D eigenvalue weighted by Gasteiger charge is 2.60. The Hall–Kier alpha value is -1.82. The Balaban J connectivity index is 1.45. The van der Waals surface area contributed by atoms with E-state index in [1.165, 1.54) is 0 Å². The van der Waals surface area contributed by atoms with E-state index >= 15 is 0 Å². The molecule has 26 heavy (non-hydrogen) atoms. The number of carbonyl (C=O) groups excluding carboxylic acids is 2. The summed E-state index contributed by atoms with van der Waals surface area (Å²) in [6.07, 6.45) is 3.20. The van der Waals surface area contributed by atoms with Gasteiger partial charge < -0.3 is 19.9 Å². The monoisotopic (exact) mass is 359 g/mol.